The maximum absolute atomic E-state index is 12.8. The topological polar surface area (TPSA) is 90.0 Å². The zero-order chi connectivity index (χ0) is 20.4. The van der Waals surface area contributed by atoms with Crippen LogP contribution in [0.25, 0.3) is 10.9 Å². The van der Waals surface area contributed by atoms with Crippen molar-refractivity contribution in [2.45, 2.75) is 26.4 Å². The van der Waals surface area contributed by atoms with Gasteiger partial charge < -0.3 is 11.1 Å². The van der Waals surface area contributed by atoms with E-state index in [9.17, 15) is 9.59 Å². The van der Waals surface area contributed by atoms with Crippen molar-refractivity contribution in [3.05, 3.63) is 63.8 Å². The minimum atomic E-state index is -0.776. The summed E-state index contributed by atoms with van der Waals surface area (Å²) in [5.74, 6) is -1.17. The normalized spacial score (nSPS) is 12.3. The summed E-state index contributed by atoms with van der Waals surface area (Å²) in [4.78, 5) is 24.5. The molecule has 0 aliphatic rings. The highest BCUT2D eigenvalue weighted by Gasteiger charge is 2.25. The second-order valence-electron chi connectivity index (χ2n) is 6.86. The van der Waals surface area contributed by atoms with Crippen LogP contribution in [0, 0.1) is 5.92 Å². The van der Waals surface area contributed by atoms with E-state index in [1.807, 2.05) is 44.2 Å². The van der Waals surface area contributed by atoms with Gasteiger partial charge in [0.25, 0.3) is 5.91 Å². The number of aromatic nitrogens is 2. The fraction of sp³-hybridized carbons (Fsp3) is 0.250. The number of fused-ring (bicyclic) bond motifs is 1. The van der Waals surface area contributed by atoms with Crippen molar-refractivity contribution in [1.29, 1.82) is 0 Å². The maximum atomic E-state index is 12.8. The predicted molar refractivity (Wildman–Crippen MR) is 111 cm³/mol. The summed E-state index contributed by atoms with van der Waals surface area (Å²) < 4.78 is 1.70. The Morgan fingerprint density at radius 3 is 2.54 bits per heavy atom. The van der Waals surface area contributed by atoms with Crippen LogP contribution in [0.3, 0.4) is 0 Å². The van der Waals surface area contributed by atoms with Gasteiger partial charge in [-0.15, -0.1) is 0 Å². The molecule has 2 aromatic carbocycles. The number of nitrogens with one attached hydrogen (secondary N) is 1. The zero-order valence-corrected chi connectivity index (χ0v) is 17.0. The molecule has 3 N–H and O–H groups in total. The van der Waals surface area contributed by atoms with Crippen LogP contribution in [0.1, 0.15) is 29.9 Å². The Morgan fingerprint density at radius 2 is 1.89 bits per heavy atom. The van der Waals surface area contributed by atoms with Gasteiger partial charge in [0.05, 0.1) is 12.1 Å². The van der Waals surface area contributed by atoms with Gasteiger partial charge in [0.1, 0.15) is 6.04 Å². The molecule has 6 nitrogen and oxygen atoms in total. The Hall–Kier alpha value is -2.57. The molecule has 0 fully saturated rings. The highest BCUT2D eigenvalue weighted by atomic mass is 35.5. The van der Waals surface area contributed by atoms with Gasteiger partial charge in [-0.3, -0.25) is 14.3 Å². The minimum Gasteiger partial charge on any atom is -0.368 e. The van der Waals surface area contributed by atoms with E-state index in [0.29, 0.717) is 22.0 Å². The third-order valence-electron chi connectivity index (χ3n) is 4.47. The zero-order valence-electron chi connectivity index (χ0n) is 15.4. The third-order valence-corrected chi connectivity index (χ3v) is 5.05. The summed E-state index contributed by atoms with van der Waals surface area (Å²) in [5, 5.41) is 8.91. The van der Waals surface area contributed by atoms with Crippen LogP contribution in [-0.4, -0.2) is 27.6 Å². The first-order valence-electron chi connectivity index (χ1n) is 8.77. The fourth-order valence-corrected chi connectivity index (χ4v) is 3.47. The van der Waals surface area contributed by atoms with Crippen LogP contribution in [0.15, 0.2) is 42.5 Å². The molecular weight excluding hydrogens is 399 g/mol. The lowest BCUT2D eigenvalue weighted by atomic mass is 10.0. The number of para-hydroxylation sites is 1. The molecule has 146 valence electrons. The number of rotatable bonds is 6. The molecule has 28 heavy (non-hydrogen) atoms. The summed E-state index contributed by atoms with van der Waals surface area (Å²) in [7, 11) is 0. The first-order valence-corrected chi connectivity index (χ1v) is 9.53. The quantitative estimate of drug-likeness (QED) is 0.640. The minimum absolute atomic E-state index is 0.136. The van der Waals surface area contributed by atoms with Gasteiger partial charge in [0.15, 0.2) is 5.69 Å². The van der Waals surface area contributed by atoms with Gasteiger partial charge >= 0.3 is 0 Å². The molecule has 8 heteroatoms. The second kappa shape index (κ2) is 8.20. The third kappa shape index (κ3) is 4.13. The van der Waals surface area contributed by atoms with E-state index in [-0.39, 0.29) is 11.6 Å². The van der Waals surface area contributed by atoms with Crippen molar-refractivity contribution >= 4 is 45.9 Å². The number of hydrogen-bond acceptors (Lipinski definition) is 3. The lowest BCUT2D eigenvalue weighted by Gasteiger charge is -2.18. The molecule has 0 aliphatic heterocycles. The van der Waals surface area contributed by atoms with Gasteiger partial charge in [0, 0.05) is 15.4 Å². The fourth-order valence-electron chi connectivity index (χ4n) is 3.00. The largest absolute Gasteiger partial charge is 0.368 e. The number of primary amides is 1. The van der Waals surface area contributed by atoms with Crippen LogP contribution in [-0.2, 0) is 11.3 Å². The molecule has 0 bridgehead atoms. The summed E-state index contributed by atoms with van der Waals surface area (Å²) in [5.41, 5.74) is 7.24. The lowest BCUT2D eigenvalue weighted by Crippen LogP contribution is -2.47. The van der Waals surface area contributed by atoms with Gasteiger partial charge in [0.2, 0.25) is 5.91 Å². The van der Waals surface area contributed by atoms with Crippen molar-refractivity contribution < 1.29 is 9.59 Å². The number of carbonyl (C=O) groups excluding carboxylic acids is 2. The first-order chi connectivity index (χ1) is 13.3. The Morgan fingerprint density at radius 1 is 1.18 bits per heavy atom. The van der Waals surface area contributed by atoms with Gasteiger partial charge in [-0.1, -0.05) is 61.3 Å². The average Bonchev–Trinajstić information content (AvgIpc) is 3.00. The van der Waals surface area contributed by atoms with Crippen molar-refractivity contribution in [3.8, 4) is 0 Å². The number of nitrogens with zero attached hydrogens (tertiary/aromatic N) is 2. The molecule has 3 rings (SSSR count). The summed E-state index contributed by atoms with van der Waals surface area (Å²) in [6.07, 6.45) is 0. The van der Waals surface area contributed by atoms with Gasteiger partial charge in [-0.25, -0.2) is 0 Å². The summed E-state index contributed by atoms with van der Waals surface area (Å²) in [6.45, 7) is 4.00. The predicted octanol–water partition coefficient (Wildman–Crippen LogP) is 3.63. The van der Waals surface area contributed by atoms with Crippen LogP contribution >= 0.6 is 23.2 Å². The van der Waals surface area contributed by atoms with E-state index in [2.05, 4.69) is 10.4 Å². The number of halogens is 2. The molecule has 1 aromatic heterocycles. The number of hydrogen-bond donors (Lipinski definition) is 2. The maximum Gasteiger partial charge on any atom is 0.273 e. The van der Waals surface area contributed by atoms with Crippen LogP contribution < -0.4 is 11.1 Å². The molecule has 2 amide bonds. The monoisotopic (exact) mass is 418 g/mol. The number of benzene rings is 2. The smallest absolute Gasteiger partial charge is 0.273 e. The summed E-state index contributed by atoms with van der Waals surface area (Å²) >= 11 is 12.2. The Balaban J connectivity index is 1.98. The Kier molecular flexibility index (Phi) is 5.91. The SMILES string of the molecule is CC(C)[C@H](NC(=O)c1nn(Cc2ccc(Cl)cc2Cl)c2ccccc12)C(N)=O. The Labute approximate surface area is 172 Å². The van der Waals surface area contributed by atoms with Crippen molar-refractivity contribution in [2.75, 3.05) is 0 Å². The molecule has 0 unspecified atom stereocenters. The molecule has 1 atom stereocenters. The molecular formula is C20H20Cl2N4O2. The molecule has 0 aliphatic carbocycles. The van der Waals surface area contributed by atoms with E-state index in [4.69, 9.17) is 28.9 Å². The van der Waals surface area contributed by atoms with E-state index in [1.165, 1.54) is 0 Å². The van der Waals surface area contributed by atoms with Gasteiger partial charge in [-0.2, -0.15) is 5.10 Å². The standard InChI is InChI=1S/C20H20Cl2N4O2/c1-11(2)17(19(23)27)24-20(28)18-14-5-3-4-6-16(14)26(25-18)10-12-7-8-13(21)9-15(12)22/h3-9,11,17H,10H2,1-2H3,(H2,23,27)(H,24,28)/t17-/m0/s1. The molecule has 0 radical (unpaired) electrons. The number of nitrogens with two attached hydrogens (primary N) is 1. The number of amides is 2. The molecule has 0 saturated carbocycles. The van der Waals surface area contributed by atoms with E-state index < -0.39 is 17.9 Å². The van der Waals surface area contributed by atoms with E-state index >= 15 is 0 Å². The lowest BCUT2D eigenvalue weighted by molar-refractivity contribution is -0.120. The second-order valence-corrected chi connectivity index (χ2v) is 7.70. The highest BCUT2D eigenvalue weighted by molar-refractivity contribution is 6.35. The van der Waals surface area contributed by atoms with Crippen LogP contribution in [0.5, 0.6) is 0 Å². The molecule has 0 spiro atoms. The first kappa shape index (κ1) is 20.2. The average molecular weight is 419 g/mol. The van der Waals surface area contributed by atoms with Gasteiger partial charge in [-0.05, 0) is 29.7 Å². The molecule has 1 heterocycles. The van der Waals surface area contributed by atoms with Crippen LogP contribution in [0.2, 0.25) is 10.0 Å². The Bertz CT molecular complexity index is 1050. The van der Waals surface area contributed by atoms with Crippen molar-refractivity contribution in [2.24, 2.45) is 11.7 Å². The van der Waals surface area contributed by atoms with E-state index in [1.54, 1.807) is 16.8 Å². The van der Waals surface area contributed by atoms with E-state index in [0.717, 1.165) is 11.1 Å². The highest BCUT2D eigenvalue weighted by Crippen LogP contribution is 2.24. The van der Waals surface area contributed by atoms with Crippen molar-refractivity contribution in [1.82, 2.24) is 15.1 Å². The van der Waals surface area contributed by atoms with Crippen molar-refractivity contribution in [3.63, 3.8) is 0 Å². The molecule has 3 aromatic rings. The summed E-state index contributed by atoms with van der Waals surface area (Å²) in [6, 6.07) is 11.8. The molecule has 0 saturated heterocycles. The number of carbonyl (C=O) groups is 2. The van der Waals surface area contributed by atoms with Crippen LogP contribution in [0.4, 0.5) is 0 Å².